The van der Waals surface area contributed by atoms with Gasteiger partial charge in [-0.25, -0.2) is 4.39 Å². The Hall–Kier alpha value is -1.95. The maximum atomic E-state index is 14.5. The molecule has 162 valence electrons. The summed E-state index contributed by atoms with van der Waals surface area (Å²) in [5, 5.41) is 12.0. The maximum Gasteiger partial charge on any atom is 0.126 e. The van der Waals surface area contributed by atoms with Gasteiger partial charge in [-0.2, -0.15) is 0 Å². The molecule has 4 rings (SSSR count). The van der Waals surface area contributed by atoms with Crippen LogP contribution in [-0.2, 0) is 6.42 Å². The third-order valence-corrected chi connectivity index (χ3v) is 6.76. The van der Waals surface area contributed by atoms with E-state index in [0.717, 1.165) is 57.7 Å². The van der Waals surface area contributed by atoms with Gasteiger partial charge in [0.2, 0.25) is 0 Å². The first kappa shape index (κ1) is 21.3. The van der Waals surface area contributed by atoms with E-state index in [-0.39, 0.29) is 11.7 Å². The molecule has 2 heterocycles. The van der Waals surface area contributed by atoms with Crippen LogP contribution < -0.4 is 0 Å². The Morgan fingerprint density at radius 2 is 1.97 bits per heavy atom. The number of halogens is 1. The maximum absolute atomic E-state index is 14.5. The normalized spacial score (nSPS) is 28.0. The minimum absolute atomic E-state index is 0.114. The summed E-state index contributed by atoms with van der Waals surface area (Å²) >= 11 is 0. The van der Waals surface area contributed by atoms with Crippen molar-refractivity contribution in [3.8, 4) is 0 Å². The molecule has 1 aromatic heterocycles. The molecule has 0 bridgehead atoms. The fourth-order valence-electron chi connectivity index (χ4n) is 4.95. The van der Waals surface area contributed by atoms with Gasteiger partial charge in [0.05, 0.1) is 11.9 Å². The average Bonchev–Trinajstić information content (AvgIpc) is 3.18. The summed E-state index contributed by atoms with van der Waals surface area (Å²) in [6.45, 7) is 5.03. The van der Waals surface area contributed by atoms with Crippen molar-refractivity contribution in [2.45, 2.75) is 37.7 Å². The Labute approximate surface area is 179 Å². The molecule has 2 aliphatic rings. The fraction of sp³-hybridized carbons (Fsp3) is 0.520. The molecular formula is C25H33FN2O2. The number of nitrogens with zero attached hydrogens (tertiary/aromatic N) is 2. The molecule has 2 atom stereocenters. The quantitative estimate of drug-likeness (QED) is 0.747. The van der Waals surface area contributed by atoms with Gasteiger partial charge in [-0.3, -0.25) is 0 Å². The molecule has 1 saturated carbocycles. The fourth-order valence-corrected chi connectivity index (χ4v) is 4.95. The van der Waals surface area contributed by atoms with E-state index in [1.165, 1.54) is 11.6 Å². The molecule has 4 nitrogen and oxygen atoms in total. The summed E-state index contributed by atoms with van der Waals surface area (Å²) in [7, 11) is 2.16. The van der Waals surface area contributed by atoms with E-state index in [4.69, 9.17) is 4.42 Å². The van der Waals surface area contributed by atoms with Crippen LogP contribution in [0.5, 0.6) is 0 Å². The van der Waals surface area contributed by atoms with Crippen molar-refractivity contribution in [2.24, 2.45) is 5.92 Å². The number of hydrogen-bond acceptors (Lipinski definition) is 4. The number of aliphatic hydroxyl groups is 1. The van der Waals surface area contributed by atoms with E-state index in [1.807, 2.05) is 18.2 Å². The second-order valence-electron chi connectivity index (χ2n) is 9.06. The summed E-state index contributed by atoms with van der Waals surface area (Å²) in [6.07, 6.45) is 7.56. The Kier molecular flexibility index (Phi) is 6.71. The molecule has 1 aliphatic heterocycles. The smallest absolute Gasteiger partial charge is 0.126 e. The average molecular weight is 413 g/mol. The predicted octanol–water partition coefficient (Wildman–Crippen LogP) is 4.21. The molecule has 0 radical (unpaired) electrons. The van der Waals surface area contributed by atoms with Gasteiger partial charge in [0.15, 0.2) is 0 Å². The molecule has 0 amide bonds. The minimum atomic E-state index is -0.972. The molecule has 0 spiro atoms. The van der Waals surface area contributed by atoms with Crippen LogP contribution in [-0.4, -0.2) is 60.3 Å². The Balaban J connectivity index is 1.59. The Morgan fingerprint density at radius 1 is 1.17 bits per heavy atom. The zero-order chi connectivity index (χ0) is 21.0. The van der Waals surface area contributed by atoms with E-state index in [9.17, 15) is 9.50 Å². The highest BCUT2D eigenvalue weighted by Crippen LogP contribution is 2.39. The summed E-state index contributed by atoms with van der Waals surface area (Å²) in [5.41, 5.74) is 0.813. The first-order valence-corrected chi connectivity index (χ1v) is 11.1. The summed E-state index contributed by atoms with van der Waals surface area (Å²) < 4.78 is 20.0. The van der Waals surface area contributed by atoms with Crippen molar-refractivity contribution >= 4 is 6.08 Å². The van der Waals surface area contributed by atoms with Crippen LogP contribution in [0.2, 0.25) is 0 Å². The molecule has 2 unspecified atom stereocenters. The van der Waals surface area contributed by atoms with Gasteiger partial charge in [-0.05, 0) is 62.6 Å². The van der Waals surface area contributed by atoms with Crippen molar-refractivity contribution in [1.29, 1.82) is 0 Å². The van der Waals surface area contributed by atoms with Crippen LogP contribution in [0.4, 0.5) is 4.39 Å². The lowest BCUT2D eigenvalue weighted by Crippen LogP contribution is -2.51. The first-order chi connectivity index (χ1) is 14.5. The van der Waals surface area contributed by atoms with Crippen LogP contribution in [0, 0.1) is 11.7 Å². The van der Waals surface area contributed by atoms with Gasteiger partial charge in [-0.15, -0.1) is 0 Å². The molecule has 2 aromatic rings. The van der Waals surface area contributed by atoms with Gasteiger partial charge in [0.1, 0.15) is 11.6 Å². The van der Waals surface area contributed by atoms with Crippen molar-refractivity contribution < 1.29 is 13.9 Å². The Morgan fingerprint density at radius 3 is 2.70 bits per heavy atom. The largest absolute Gasteiger partial charge is 0.465 e. The van der Waals surface area contributed by atoms with Crippen LogP contribution in [0.3, 0.4) is 0 Å². The van der Waals surface area contributed by atoms with Gasteiger partial charge in [0, 0.05) is 45.1 Å². The minimum Gasteiger partial charge on any atom is -0.465 e. The highest BCUT2D eigenvalue weighted by molar-refractivity contribution is 5.48. The lowest BCUT2D eigenvalue weighted by atomic mass is 9.77. The number of hydrogen-bond donors (Lipinski definition) is 1. The second kappa shape index (κ2) is 9.46. The standard InChI is InChI=1S/C25H33FN2O2/c1-27-11-13-28(14-12-27)19-22-8-4-6-20(16-23-9-5-15-30-23)17-25(22,29)18-21-7-2-3-10-24(21)26/h2-3,5,7,9-10,15-16,22,29H,4,6,8,11-14,17-19H2,1H3/b20-16-. The van der Waals surface area contributed by atoms with E-state index < -0.39 is 5.60 Å². The number of benzene rings is 1. The van der Waals surface area contributed by atoms with Gasteiger partial charge >= 0.3 is 0 Å². The number of furan rings is 1. The summed E-state index contributed by atoms with van der Waals surface area (Å²) in [5.74, 6) is 0.698. The molecular weight excluding hydrogens is 379 g/mol. The lowest BCUT2D eigenvalue weighted by molar-refractivity contribution is -0.0352. The van der Waals surface area contributed by atoms with E-state index in [2.05, 4.69) is 22.9 Å². The number of piperazine rings is 1. The van der Waals surface area contributed by atoms with Crippen LogP contribution in [0.25, 0.3) is 6.08 Å². The van der Waals surface area contributed by atoms with E-state index in [0.29, 0.717) is 18.4 Å². The molecule has 1 N–H and O–H groups in total. The Bertz CT molecular complexity index is 843. The predicted molar refractivity (Wildman–Crippen MR) is 118 cm³/mol. The van der Waals surface area contributed by atoms with Crippen LogP contribution in [0.15, 0.2) is 52.7 Å². The highest BCUT2D eigenvalue weighted by Gasteiger charge is 2.40. The summed E-state index contributed by atoms with van der Waals surface area (Å²) in [6, 6.07) is 10.7. The SMILES string of the molecule is CN1CCN(CC2CCC/C(=C/c3ccco3)CC2(O)Cc2ccccc2F)CC1. The van der Waals surface area contributed by atoms with Gasteiger partial charge in [0.25, 0.3) is 0 Å². The topological polar surface area (TPSA) is 39.9 Å². The molecule has 1 saturated heterocycles. The van der Waals surface area contributed by atoms with E-state index >= 15 is 0 Å². The van der Waals surface area contributed by atoms with Crippen LogP contribution in [0.1, 0.15) is 37.0 Å². The van der Waals surface area contributed by atoms with Gasteiger partial charge in [-0.1, -0.05) is 23.8 Å². The third kappa shape index (κ3) is 5.20. The monoisotopic (exact) mass is 412 g/mol. The molecule has 5 heteroatoms. The molecule has 2 fully saturated rings. The van der Waals surface area contributed by atoms with Crippen molar-refractivity contribution in [2.75, 3.05) is 39.8 Å². The number of likely N-dealkylation sites (N-methyl/N-ethyl adjacent to an activating group) is 1. The third-order valence-electron chi connectivity index (χ3n) is 6.76. The molecule has 1 aromatic carbocycles. The summed E-state index contributed by atoms with van der Waals surface area (Å²) in [4.78, 5) is 4.82. The zero-order valence-corrected chi connectivity index (χ0v) is 17.9. The van der Waals surface area contributed by atoms with Crippen molar-refractivity contribution in [3.05, 3.63) is 65.4 Å². The molecule has 1 aliphatic carbocycles. The second-order valence-corrected chi connectivity index (χ2v) is 9.06. The zero-order valence-electron chi connectivity index (χ0n) is 17.9. The van der Waals surface area contributed by atoms with Crippen molar-refractivity contribution in [3.63, 3.8) is 0 Å². The van der Waals surface area contributed by atoms with Crippen LogP contribution >= 0.6 is 0 Å². The van der Waals surface area contributed by atoms with Crippen molar-refractivity contribution in [1.82, 2.24) is 9.80 Å². The lowest BCUT2D eigenvalue weighted by Gasteiger charge is -2.41. The number of rotatable bonds is 5. The van der Waals surface area contributed by atoms with E-state index in [1.54, 1.807) is 18.4 Å². The first-order valence-electron chi connectivity index (χ1n) is 11.1. The molecule has 30 heavy (non-hydrogen) atoms. The van der Waals surface area contributed by atoms with Gasteiger partial charge < -0.3 is 19.3 Å². The highest BCUT2D eigenvalue weighted by atomic mass is 19.1.